The van der Waals surface area contributed by atoms with Crippen LogP contribution >= 0.6 is 11.5 Å². The third kappa shape index (κ3) is 2.99. The summed E-state index contributed by atoms with van der Waals surface area (Å²) in [6.07, 6.45) is -3.31. The van der Waals surface area contributed by atoms with Crippen molar-refractivity contribution in [2.24, 2.45) is 0 Å². The number of halogens is 3. The molecule has 0 atom stereocenters. The fourth-order valence-electron chi connectivity index (χ4n) is 1.35. The normalized spacial score (nSPS) is 11.3. The van der Waals surface area contributed by atoms with Gasteiger partial charge in [0.1, 0.15) is 5.00 Å². The van der Waals surface area contributed by atoms with Gasteiger partial charge in [-0.15, -0.1) is 5.10 Å². The van der Waals surface area contributed by atoms with Crippen LogP contribution in [0.1, 0.15) is 15.9 Å². The van der Waals surface area contributed by atoms with E-state index in [4.69, 9.17) is 5.73 Å². The van der Waals surface area contributed by atoms with Crippen molar-refractivity contribution in [1.82, 2.24) is 9.59 Å². The van der Waals surface area contributed by atoms with Crippen molar-refractivity contribution in [2.45, 2.75) is 6.18 Å². The second-order valence-electron chi connectivity index (χ2n) is 3.54. The highest BCUT2D eigenvalue weighted by Gasteiger charge is 2.33. The molecule has 19 heavy (non-hydrogen) atoms. The number of amides is 1. The van der Waals surface area contributed by atoms with Gasteiger partial charge in [0.05, 0.1) is 11.8 Å². The van der Waals surface area contributed by atoms with E-state index in [1.165, 1.54) is 12.3 Å². The van der Waals surface area contributed by atoms with E-state index in [0.717, 1.165) is 17.6 Å². The molecule has 0 aliphatic rings. The molecule has 0 aliphatic carbocycles. The predicted octanol–water partition coefficient (Wildman–Crippen LogP) is 2.39. The van der Waals surface area contributed by atoms with Crippen LogP contribution in [-0.2, 0) is 6.18 Å². The maximum Gasteiger partial charge on any atom is 0.418 e. The molecule has 0 fully saturated rings. The molecule has 2 aromatic rings. The van der Waals surface area contributed by atoms with Crippen LogP contribution in [0.15, 0.2) is 24.4 Å². The van der Waals surface area contributed by atoms with E-state index in [-0.39, 0.29) is 5.56 Å². The summed E-state index contributed by atoms with van der Waals surface area (Å²) in [5.74, 6) is -0.684. The van der Waals surface area contributed by atoms with Gasteiger partial charge in [-0.3, -0.25) is 4.79 Å². The summed E-state index contributed by atoms with van der Waals surface area (Å²) >= 11 is 0.919. The SMILES string of the molecule is Nc1ccc(C(=O)Nc2cnns2)cc1C(F)(F)F. The van der Waals surface area contributed by atoms with E-state index in [9.17, 15) is 18.0 Å². The van der Waals surface area contributed by atoms with Gasteiger partial charge in [-0.1, -0.05) is 4.49 Å². The molecule has 9 heteroatoms. The van der Waals surface area contributed by atoms with Crippen molar-refractivity contribution in [3.63, 3.8) is 0 Å². The van der Waals surface area contributed by atoms with Gasteiger partial charge in [-0.05, 0) is 18.2 Å². The first-order valence-corrected chi connectivity index (χ1v) is 5.70. The number of hydrogen-bond acceptors (Lipinski definition) is 5. The Kier molecular flexibility index (Phi) is 3.38. The Balaban J connectivity index is 2.28. The Bertz CT molecular complexity index is 597. The molecular weight excluding hydrogens is 281 g/mol. The predicted molar refractivity (Wildman–Crippen MR) is 63.7 cm³/mol. The lowest BCUT2D eigenvalue weighted by atomic mass is 10.1. The van der Waals surface area contributed by atoms with Crippen LogP contribution < -0.4 is 11.1 Å². The van der Waals surface area contributed by atoms with E-state index in [2.05, 4.69) is 14.9 Å². The van der Waals surface area contributed by atoms with Gasteiger partial charge < -0.3 is 11.1 Å². The molecule has 2 rings (SSSR count). The van der Waals surface area contributed by atoms with Crippen LogP contribution in [0.5, 0.6) is 0 Å². The van der Waals surface area contributed by atoms with Crippen LogP contribution in [0, 0.1) is 0 Å². The highest BCUT2D eigenvalue weighted by atomic mass is 32.1. The van der Waals surface area contributed by atoms with Crippen molar-refractivity contribution in [2.75, 3.05) is 11.1 Å². The lowest BCUT2D eigenvalue weighted by Crippen LogP contribution is -2.14. The first kappa shape index (κ1) is 13.3. The van der Waals surface area contributed by atoms with Gasteiger partial charge in [-0.25, -0.2) is 0 Å². The fraction of sp³-hybridized carbons (Fsp3) is 0.100. The minimum Gasteiger partial charge on any atom is -0.398 e. The Morgan fingerprint density at radius 2 is 2.11 bits per heavy atom. The van der Waals surface area contributed by atoms with E-state index in [1.54, 1.807) is 0 Å². The highest BCUT2D eigenvalue weighted by Crippen LogP contribution is 2.34. The number of benzene rings is 1. The first-order valence-electron chi connectivity index (χ1n) is 4.93. The van der Waals surface area contributed by atoms with Gasteiger partial charge in [0.25, 0.3) is 5.91 Å². The molecule has 0 radical (unpaired) electrons. The average molecular weight is 288 g/mol. The van der Waals surface area contributed by atoms with Crippen molar-refractivity contribution >= 4 is 28.1 Å². The third-order valence-corrected chi connectivity index (χ3v) is 2.80. The number of nitrogens with two attached hydrogens (primary N) is 1. The lowest BCUT2D eigenvalue weighted by Gasteiger charge is -2.11. The quantitative estimate of drug-likeness (QED) is 0.831. The molecule has 100 valence electrons. The van der Waals surface area contributed by atoms with E-state index >= 15 is 0 Å². The number of nitrogens with zero attached hydrogens (tertiary/aromatic N) is 2. The zero-order valence-corrected chi connectivity index (χ0v) is 10.0. The molecule has 0 saturated carbocycles. The number of carbonyl (C=O) groups excluding carboxylic acids is 1. The molecule has 5 nitrogen and oxygen atoms in total. The zero-order valence-electron chi connectivity index (χ0n) is 9.23. The average Bonchev–Trinajstić information content (AvgIpc) is 2.80. The highest BCUT2D eigenvalue weighted by molar-refractivity contribution is 7.10. The standard InChI is InChI=1S/C10H7F3N4OS/c11-10(12,13)6-3-5(1-2-7(6)14)9(18)16-8-4-15-17-19-8/h1-4H,14H2,(H,16,18). The van der Waals surface area contributed by atoms with E-state index in [1.807, 2.05) is 0 Å². The number of aromatic nitrogens is 2. The molecule has 1 amide bonds. The minimum absolute atomic E-state index is 0.144. The summed E-state index contributed by atoms with van der Waals surface area (Å²) in [5.41, 5.74) is 3.63. The van der Waals surface area contributed by atoms with Crippen molar-refractivity contribution in [3.8, 4) is 0 Å². The fourth-order valence-corrected chi connectivity index (χ4v) is 1.76. The third-order valence-electron chi connectivity index (χ3n) is 2.22. The smallest absolute Gasteiger partial charge is 0.398 e. The van der Waals surface area contributed by atoms with Crippen molar-refractivity contribution in [3.05, 3.63) is 35.5 Å². The first-order chi connectivity index (χ1) is 8.88. The number of rotatable bonds is 2. The molecular formula is C10H7F3N4OS. The summed E-state index contributed by atoms with van der Waals surface area (Å²) in [6.45, 7) is 0. The molecule has 1 aromatic heterocycles. The molecule has 0 unspecified atom stereocenters. The summed E-state index contributed by atoms with van der Waals surface area (Å²) in [4.78, 5) is 11.7. The van der Waals surface area contributed by atoms with Gasteiger partial charge in [-0.2, -0.15) is 13.2 Å². The Hall–Kier alpha value is -2.16. The van der Waals surface area contributed by atoms with Gasteiger partial charge >= 0.3 is 6.18 Å². The Labute approximate surface area is 109 Å². The molecule has 0 saturated heterocycles. The minimum atomic E-state index is -4.60. The maximum absolute atomic E-state index is 12.6. The molecule has 3 N–H and O–H groups in total. The summed E-state index contributed by atoms with van der Waals surface area (Å²) in [6, 6.07) is 2.97. The van der Waals surface area contributed by atoms with Crippen LogP contribution in [0.25, 0.3) is 0 Å². The summed E-state index contributed by atoms with van der Waals surface area (Å²) in [5, 5.41) is 6.22. The molecule has 0 bridgehead atoms. The Morgan fingerprint density at radius 3 is 2.68 bits per heavy atom. The van der Waals surface area contributed by atoms with Crippen LogP contribution in [0.2, 0.25) is 0 Å². The van der Waals surface area contributed by atoms with E-state index in [0.29, 0.717) is 11.1 Å². The topological polar surface area (TPSA) is 80.9 Å². The lowest BCUT2D eigenvalue weighted by molar-refractivity contribution is -0.136. The Morgan fingerprint density at radius 1 is 1.37 bits per heavy atom. The van der Waals surface area contributed by atoms with Crippen molar-refractivity contribution < 1.29 is 18.0 Å². The second kappa shape index (κ2) is 4.84. The number of nitrogens with one attached hydrogen (secondary N) is 1. The molecule has 0 spiro atoms. The van der Waals surface area contributed by atoms with Crippen molar-refractivity contribution in [1.29, 1.82) is 0 Å². The second-order valence-corrected chi connectivity index (χ2v) is 4.32. The number of nitrogen functional groups attached to an aromatic ring is 1. The van der Waals surface area contributed by atoms with Crippen LogP contribution in [0.3, 0.4) is 0 Å². The number of hydrogen-bond donors (Lipinski definition) is 2. The number of anilines is 2. The molecule has 0 aliphatic heterocycles. The monoisotopic (exact) mass is 288 g/mol. The number of alkyl halides is 3. The van der Waals surface area contributed by atoms with Gasteiger partial charge in [0, 0.05) is 22.8 Å². The largest absolute Gasteiger partial charge is 0.418 e. The van der Waals surface area contributed by atoms with Crippen LogP contribution in [0.4, 0.5) is 23.9 Å². The van der Waals surface area contributed by atoms with Gasteiger partial charge in [0.15, 0.2) is 0 Å². The summed E-state index contributed by atoms with van der Waals surface area (Å²) in [7, 11) is 0. The summed E-state index contributed by atoms with van der Waals surface area (Å²) < 4.78 is 41.4. The zero-order chi connectivity index (χ0) is 14.0. The maximum atomic E-state index is 12.6. The van der Waals surface area contributed by atoms with Crippen LogP contribution in [-0.4, -0.2) is 15.5 Å². The molecule has 1 aromatic carbocycles. The van der Waals surface area contributed by atoms with E-state index < -0.39 is 23.3 Å². The number of carbonyl (C=O) groups is 1. The molecule has 1 heterocycles. The van der Waals surface area contributed by atoms with Gasteiger partial charge in [0.2, 0.25) is 0 Å².